The molecule has 1 atom stereocenters. The Morgan fingerprint density at radius 3 is 2.38 bits per heavy atom. The summed E-state index contributed by atoms with van der Waals surface area (Å²) in [6.07, 6.45) is 4.38. The van der Waals surface area contributed by atoms with Crippen molar-refractivity contribution >= 4 is 16.7 Å². The van der Waals surface area contributed by atoms with E-state index in [0.29, 0.717) is 23.4 Å². The van der Waals surface area contributed by atoms with Gasteiger partial charge in [-0.2, -0.15) is 0 Å². The third kappa shape index (κ3) is 4.76. The van der Waals surface area contributed by atoms with Gasteiger partial charge in [-0.05, 0) is 30.9 Å². The summed E-state index contributed by atoms with van der Waals surface area (Å²) >= 11 is 0. The maximum atomic E-state index is 13.1. The van der Waals surface area contributed by atoms with Gasteiger partial charge in [0.15, 0.2) is 0 Å². The molecule has 3 aromatic rings. The average Bonchev–Trinajstić information content (AvgIpc) is 2.74. The number of carbonyl (C=O) groups excluding carboxylic acids is 1. The maximum absolute atomic E-state index is 13.1. The Morgan fingerprint density at radius 1 is 1.03 bits per heavy atom. The van der Waals surface area contributed by atoms with Crippen LogP contribution in [0.3, 0.4) is 0 Å². The lowest BCUT2D eigenvalue weighted by atomic mass is 9.96. The van der Waals surface area contributed by atoms with Gasteiger partial charge < -0.3 is 9.73 Å². The van der Waals surface area contributed by atoms with E-state index in [0.717, 1.165) is 42.2 Å². The lowest BCUT2D eigenvalue weighted by molar-refractivity contribution is 0.0915. The number of hydrogen-bond donors (Lipinski definition) is 1. The second-order valence-corrected chi connectivity index (χ2v) is 7.63. The summed E-state index contributed by atoms with van der Waals surface area (Å²) < 4.78 is 5.55. The van der Waals surface area contributed by atoms with E-state index in [-0.39, 0.29) is 11.7 Å². The summed E-state index contributed by atoms with van der Waals surface area (Å²) in [5.41, 5.74) is 2.17. The second kappa shape index (κ2) is 9.55. The fourth-order valence-corrected chi connectivity index (χ4v) is 3.63. The number of rotatable bonds is 8. The fraction of sp³-hybridized carbons (Fsp3) is 0.360. The second-order valence-electron chi connectivity index (χ2n) is 7.63. The molecule has 4 heteroatoms. The number of benzene rings is 2. The first-order valence-corrected chi connectivity index (χ1v) is 10.5. The van der Waals surface area contributed by atoms with Gasteiger partial charge >= 0.3 is 5.63 Å². The Kier molecular flexibility index (Phi) is 6.86. The van der Waals surface area contributed by atoms with E-state index >= 15 is 0 Å². The van der Waals surface area contributed by atoms with Crippen molar-refractivity contribution in [2.45, 2.75) is 46.5 Å². The molecule has 0 bridgehead atoms. The lowest BCUT2D eigenvalue weighted by Gasteiger charge is -2.16. The molecule has 0 unspecified atom stereocenters. The lowest BCUT2D eigenvalue weighted by Crippen LogP contribution is -2.30. The van der Waals surface area contributed by atoms with Crippen molar-refractivity contribution in [2.75, 3.05) is 6.54 Å². The van der Waals surface area contributed by atoms with Crippen LogP contribution in [-0.4, -0.2) is 12.5 Å². The van der Waals surface area contributed by atoms with Gasteiger partial charge in [-0.25, -0.2) is 4.79 Å². The molecule has 1 amide bonds. The molecule has 0 fully saturated rings. The number of aryl methyl sites for hydroxylation is 1. The molecule has 152 valence electrons. The van der Waals surface area contributed by atoms with Crippen LogP contribution >= 0.6 is 0 Å². The van der Waals surface area contributed by atoms with Crippen LogP contribution in [0.15, 0.2) is 57.7 Å². The summed E-state index contributed by atoms with van der Waals surface area (Å²) in [6, 6.07) is 15.2. The largest absolute Gasteiger partial charge is 0.416 e. The van der Waals surface area contributed by atoms with Gasteiger partial charge in [-0.15, -0.1) is 0 Å². The zero-order valence-electron chi connectivity index (χ0n) is 17.5. The van der Waals surface area contributed by atoms with Gasteiger partial charge in [0.05, 0.1) is 5.39 Å². The van der Waals surface area contributed by atoms with Crippen LogP contribution in [0.25, 0.3) is 21.9 Å². The molecule has 0 saturated heterocycles. The van der Waals surface area contributed by atoms with Crippen LogP contribution in [0, 0.1) is 12.8 Å². The van der Waals surface area contributed by atoms with E-state index in [1.807, 2.05) is 43.3 Å². The molecule has 0 spiro atoms. The highest BCUT2D eigenvalue weighted by Crippen LogP contribution is 2.31. The molecule has 4 nitrogen and oxygen atoms in total. The SMILES string of the molecule is CCCC[C@H](CC)CNC(=O)c1oc(=O)c2ccccc2c1-c1ccc(C)cc1. The molecule has 0 saturated carbocycles. The minimum absolute atomic E-state index is 0.0860. The van der Waals surface area contributed by atoms with Crippen LogP contribution in [-0.2, 0) is 0 Å². The molecular formula is C25H29NO3. The minimum Gasteiger partial charge on any atom is -0.416 e. The van der Waals surface area contributed by atoms with Gasteiger partial charge in [-0.1, -0.05) is 81.1 Å². The molecule has 0 radical (unpaired) electrons. The first-order valence-electron chi connectivity index (χ1n) is 10.5. The molecule has 29 heavy (non-hydrogen) atoms. The Morgan fingerprint density at radius 2 is 1.72 bits per heavy atom. The third-order valence-corrected chi connectivity index (χ3v) is 5.48. The van der Waals surface area contributed by atoms with Crippen LogP contribution in [0.4, 0.5) is 0 Å². The highest BCUT2D eigenvalue weighted by atomic mass is 16.4. The van der Waals surface area contributed by atoms with Gasteiger partial charge in [-0.3, -0.25) is 4.79 Å². The Bertz CT molecular complexity index is 1030. The first kappa shape index (κ1) is 20.8. The average molecular weight is 392 g/mol. The Balaban J connectivity index is 2.02. The summed E-state index contributed by atoms with van der Waals surface area (Å²) in [4.78, 5) is 25.6. The molecule has 0 aliphatic carbocycles. The summed E-state index contributed by atoms with van der Waals surface area (Å²) in [5.74, 6) is 0.176. The number of amides is 1. The fourth-order valence-electron chi connectivity index (χ4n) is 3.63. The van der Waals surface area contributed by atoms with E-state index < -0.39 is 5.63 Å². The normalized spacial score (nSPS) is 12.1. The number of hydrogen-bond acceptors (Lipinski definition) is 3. The van der Waals surface area contributed by atoms with Crippen molar-refractivity contribution in [1.82, 2.24) is 5.32 Å². The van der Waals surface area contributed by atoms with Crippen molar-refractivity contribution in [2.24, 2.45) is 5.92 Å². The predicted molar refractivity (Wildman–Crippen MR) is 118 cm³/mol. The zero-order chi connectivity index (χ0) is 20.8. The van der Waals surface area contributed by atoms with E-state index in [1.54, 1.807) is 12.1 Å². The third-order valence-electron chi connectivity index (χ3n) is 5.48. The van der Waals surface area contributed by atoms with E-state index in [9.17, 15) is 9.59 Å². The van der Waals surface area contributed by atoms with Gasteiger partial charge in [0.2, 0.25) is 5.76 Å². The van der Waals surface area contributed by atoms with Gasteiger partial charge in [0.25, 0.3) is 5.91 Å². The minimum atomic E-state index is -0.486. The molecule has 1 heterocycles. The summed E-state index contributed by atoms with van der Waals surface area (Å²) in [6.45, 7) is 6.91. The van der Waals surface area contributed by atoms with Crippen LogP contribution in [0.1, 0.15) is 55.6 Å². The molecular weight excluding hydrogens is 362 g/mol. The molecule has 0 aliphatic heterocycles. The highest BCUT2D eigenvalue weighted by molar-refractivity contribution is 6.07. The van der Waals surface area contributed by atoms with Crippen LogP contribution in [0.5, 0.6) is 0 Å². The first-order chi connectivity index (χ1) is 14.0. The number of fused-ring (bicyclic) bond motifs is 1. The van der Waals surface area contributed by atoms with Gasteiger partial charge in [0, 0.05) is 17.5 Å². The van der Waals surface area contributed by atoms with E-state index in [1.165, 1.54) is 0 Å². The maximum Gasteiger partial charge on any atom is 0.344 e. The molecule has 1 N–H and O–H groups in total. The Labute approximate surface area is 171 Å². The van der Waals surface area contributed by atoms with Crippen LogP contribution in [0.2, 0.25) is 0 Å². The topological polar surface area (TPSA) is 59.3 Å². The standard InChI is InChI=1S/C25H29NO3/c1-4-6-9-18(5-2)16-26-24(27)23-22(19-14-12-17(3)13-15-19)20-10-7-8-11-21(20)25(28)29-23/h7-8,10-15,18H,4-6,9,16H2,1-3H3,(H,26,27)/t18-/m0/s1. The van der Waals surface area contributed by atoms with E-state index in [2.05, 4.69) is 19.2 Å². The molecule has 1 aromatic heterocycles. The predicted octanol–water partition coefficient (Wildman–Crippen LogP) is 5.71. The monoisotopic (exact) mass is 391 g/mol. The van der Waals surface area contributed by atoms with Crippen molar-refractivity contribution in [3.05, 3.63) is 70.3 Å². The molecule has 3 rings (SSSR count). The highest BCUT2D eigenvalue weighted by Gasteiger charge is 2.21. The number of carbonyl (C=O) groups is 1. The summed E-state index contributed by atoms with van der Waals surface area (Å²) in [5, 5.41) is 4.21. The quantitative estimate of drug-likeness (QED) is 0.535. The van der Waals surface area contributed by atoms with Crippen molar-refractivity contribution < 1.29 is 9.21 Å². The smallest absolute Gasteiger partial charge is 0.344 e. The number of nitrogens with one attached hydrogen (secondary N) is 1. The Hall–Kier alpha value is -2.88. The van der Waals surface area contributed by atoms with Crippen molar-refractivity contribution in [1.29, 1.82) is 0 Å². The zero-order valence-corrected chi connectivity index (χ0v) is 17.5. The van der Waals surface area contributed by atoms with Gasteiger partial charge in [0.1, 0.15) is 0 Å². The van der Waals surface area contributed by atoms with Crippen molar-refractivity contribution in [3.63, 3.8) is 0 Å². The van der Waals surface area contributed by atoms with Crippen LogP contribution < -0.4 is 10.9 Å². The number of unbranched alkanes of at least 4 members (excludes halogenated alkanes) is 1. The molecule has 0 aliphatic rings. The molecule has 2 aromatic carbocycles. The van der Waals surface area contributed by atoms with E-state index in [4.69, 9.17) is 4.42 Å². The van der Waals surface area contributed by atoms with Crippen molar-refractivity contribution in [3.8, 4) is 11.1 Å². The summed E-state index contributed by atoms with van der Waals surface area (Å²) in [7, 11) is 0.